The maximum absolute atomic E-state index is 13.2. The first kappa shape index (κ1) is 100. The number of nitrogens with zero attached hydrogens (tertiary/aromatic N) is 12. The maximum Gasteiger partial charge on any atom is 0.352 e. The Balaban J connectivity index is 0.000000163. The van der Waals surface area contributed by atoms with E-state index in [1.54, 1.807) is 71.8 Å². The number of ether oxygens (including phenoxy) is 13. The van der Waals surface area contributed by atoms with Crippen LogP contribution >= 0.6 is 11.8 Å². The third-order valence-corrected chi connectivity index (χ3v) is 24.8. The molecule has 6 aromatic rings. The summed E-state index contributed by atoms with van der Waals surface area (Å²) in [6, 6.07) is 0. The Hall–Kier alpha value is -8.57. The van der Waals surface area contributed by atoms with Crippen molar-refractivity contribution in [1.82, 2.24) is 57.7 Å². The van der Waals surface area contributed by atoms with E-state index in [2.05, 4.69) is 68.7 Å². The molecule has 4 aliphatic carbocycles. The van der Waals surface area contributed by atoms with Gasteiger partial charge in [0.2, 0.25) is 5.95 Å². The van der Waals surface area contributed by atoms with Crippen molar-refractivity contribution in [3.63, 3.8) is 0 Å². The number of carbonyl (C=O) groups is 1. The van der Waals surface area contributed by atoms with Gasteiger partial charge in [0.15, 0.2) is 77.2 Å². The molecule has 6 aliphatic heterocycles. The van der Waals surface area contributed by atoms with E-state index in [1.165, 1.54) is 58.1 Å². The number of nitrogens with two attached hydrogens (primary N) is 5. The number of methoxy groups -OCH3 is 7. The largest absolute Gasteiger partial charge is 0.394 e. The molecule has 37 nitrogen and oxygen atoms in total. The highest BCUT2D eigenvalue weighted by molar-refractivity contribution is 7.98. The molecule has 12 heterocycles. The van der Waals surface area contributed by atoms with Crippen molar-refractivity contribution in [2.24, 2.45) is 40.4 Å². The van der Waals surface area contributed by atoms with E-state index in [0.717, 1.165) is 109 Å². The average molecular weight is 1790 g/mol. The van der Waals surface area contributed by atoms with E-state index in [0.29, 0.717) is 68.7 Å². The Labute approximate surface area is 726 Å². The van der Waals surface area contributed by atoms with Crippen LogP contribution in [0.25, 0.3) is 11.2 Å². The maximum atomic E-state index is 13.2. The Morgan fingerprint density at radius 3 is 1.65 bits per heavy atom. The van der Waals surface area contributed by atoms with Gasteiger partial charge < -0.3 is 105 Å². The summed E-state index contributed by atoms with van der Waals surface area (Å²) in [7, 11) is 11.0. The fourth-order valence-electron chi connectivity index (χ4n) is 17.5. The molecule has 0 bridgehead atoms. The minimum absolute atomic E-state index is 0.00421. The van der Waals surface area contributed by atoms with Gasteiger partial charge in [-0.15, -0.1) is 11.8 Å². The topological polar surface area (TPSA) is 491 Å². The molecular weight excluding hydrogens is 1660 g/mol. The Morgan fingerprint density at radius 1 is 0.584 bits per heavy atom. The number of anilines is 5. The molecule has 12 N–H and O–H groups in total. The molecule has 0 amide bonds. The van der Waals surface area contributed by atoms with Crippen LogP contribution in [0.15, 0.2) is 91.3 Å². The molecule has 0 spiro atoms. The molecule has 0 radical (unpaired) electrons. The smallest absolute Gasteiger partial charge is 0.352 e. The summed E-state index contributed by atoms with van der Waals surface area (Å²) >= 11 is 1.51. The fourth-order valence-corrected chi connectivity index (χ4v) is 18.0. The number of rotatable bonds is 18. The van der Waals surface area contributed by atoms with Gasteiger partial charge in [-0.25, -0.2) is 46.7 Å². The van der Waals surface area contributed by atoms with Crippen molar-refractivity contribution in [2.75, 3.05) is 111 Å². The molecule has 694 valence electrons. The zero-order valence-electron chi connectivity index (χ0n) is 73.5. The number of ketones is 1. The summed E-state index contributed by atoms with van der Waals surface area (Å²) < 4.78 is 126. The molecule has 4 saturated heterocycles. The number of allylic oxidation sites excluding steroid dienone is 2. The molecule has 42 heteroatoms. The number of aliphatic hydroxyl groups excluding tert-OH is 2. The SMILES string of the molecule is CC1CC2C3CC=C4C[C@@H](C)CCC4(C)C3CCC2(C)C1=O.COC(C)Cn1cnc2c(SC)nc(N)nc21.COC[C@@H]1O[C@H](C)C[C@H]1O.COC[C@H]1C=C[C@@H](n2cc(F)c(N)nc2=O)O1.COC[C@H]1CC[C@@H](n2cc(F)c(N)nc2=O)O1.CO[C@@H]1C[C@@H](C)O[C@H]1CO.CO[C@H]1C=C[C@@H](n2cc(F)c(N)nc2=O)O1.CO[C@H]1CC[C@@H](n2cc(F)c(N)nc2=O)O1. The quantitative estimate of drug-likeness (QED) is 0.0189. The van der Waals surface area contributed by atoms with E-state index in [1.807, 2.05) is 31.6 Å². The normalized spacial score (nSPS) is 30.5. The molecule has 16 rings (SSSR count). The Morgan fingerprint density at radius 2 is 1.13 bits per heavy atom. The van der Waals surface area contributed by atoms with Crippen molar-refractivity contribution in [1.29, 1.82) is 0 Å². The Bertz CT molecular complexity index is 4880. The highest BCUT2D eigenvalue weighted by atomic mass is 32.2. The van der Waals surface area contributed by atoms with Crippen LogP contribution in [-0.2, 0) is 72.9 Å². The van der Waals surface area contributed by atoms with Crippen LogP contribution < -0.4 is 51.4 Å². The third-order valence-electron chi connectivity index (χ3n) is 24.1. The molecule has 125 heavy (non-hydrogen) atoms. The lowest BCUT2D eigenvalue weighted by Gasteiger charge is -2.57. The first-order valence-electron chi connectivity index (χ1n) is 41.6. The van der Waals surface area contributed by atoms with Crippen molar-refractivity contribution in [3.8, 4) is 0 Å². The number of Topliss-reactive ketones (excluding diaryl/α,β-unsaturated/α-hetero) is 1. The lowest BCUT2D eigenvalue weighted by Crippen LogP contribution is -2.50. The van der Waals surface area contributed by atoms with Crippen LogP contribution in [0.4, 0.5) is 46.8 Å². The van der Waals surface area contributed by atoms with Crippen molar-refractivity contribution >= 4 is 57.9 Å². The number of thioether (sulfide) groups is 1. The number of carbonyl (C=O) groups excluding carboxylic acids is 1. The van der Waals surface area contributed by atoms with Crippen LogP contribution in [0, 0.1) is 63.7 Å². The second-order valence-electron chi connectivity index (χ2n) is 32.8. The summed E-state index contributed by atoms with van der Waals surface area (Å²) in [5.41, 5.74) is 27.6. The van der Waals surface area contributed by atoms with Gasteiger partial charge in [0.1, 0.15) is 47.1 Å². The molecule has 0 aromatic carbocycles. The lowest BCUT2D eigenvalue weighted by molar-refractivity contribution is -0.134. The zero-order valence-corrected chi connectivity index (χ0v) is 74.3. The number of halogens is 4. The summed E-state index contributed by atoms with van der Waals surface area (Å²) in [4.78, 5) is 84.8. The summed E-state index contributed by atoms with van der Waals surface area (Å²) in [5, 5.41) is 18.9. The molecule has 22 atom stereocenters. The number of aromatic nitrogens is 12. The minimum atomic E-state index is -0.766. The molecule has 3 saturated carbocycles. The van der Waals surface area contributed by atoms with Gasteiger partial charge in [0.05, 0.1) is 101 Å². The van der Waals surface area contributed by atoms with Gasteiger partial charge in [-0.05, 0) is 139 Å². The van der Waals surface area contributed by atoms with E-state index in [9.17, 15) is 46.6 Å². The molecule has 7 fully saturated rings. The highest BCUT2D eigenvalue weighted by Gasteiger charge is 2.60. The third kappa shape index (κ3) is 25.3. The number of nitrogen functional groups attached to an aromatic ring is 5. The minimum Gasteiger partial charge on any atom is -0.394 e. The standard InChI is InChI=1S/C21H32O.C10H14FN3O3.C10H12FN3O3.C10H15N5OS.C9H12FN3O3.C9H10FN3O3.2C7H14O3/c1-13-7-9-20(3)15(11-13)5-6-16-17(20)8-10-21(4)18(16)12-14(2)19(21)22;2*1-16-5-6-2-3-8(17-6)14-4-7(11)9(12)13-10(14)15;1-6(16-2)4-15-5-12-7-8(15)13-10(11)14-9(7)17-3;2*1-15-7-3-2-6(16-7)13-4-5(10)8(11)12-9(13)14;1-5-3-6(8)7(10-5)4-9-2;1-5-3-6(9-2)7(4-8)10-5/h5,13-14,16-18H,6-12H2,1-4H3;4,6,8H,2-3,5H2,1H3,(H2,12,13,15);2-4,6,8H,5H2,1H3,(H2,12,13,15);5-6H,4H2,1-3H3,(H2,11,13,14);4,6-7H,2-3H2,1H3,(H2,11,12,14);2-4,6-7H,1H3,(H2,11,12,14);2*5-8H,3-4H2,1-2H3/t13-,14?,16?,17?,18?,20?,21?;2*6-,8+;;2*6-,7+;2*5-,6-,7+/m011.0011/s1. The number of fused-ring (bicyclic) bond motifs is 6. The summed E-state index contributed by atoms with van der Waals surface area (Å²) in [6.45, 7) is 17.5. The van der Waals surface area contributed by atoms with Gasteiger partial charge in [-0.2, -0.15) is 24.9 Å². The number of hydrogen-bond acceptors (Lipinski definition) is 33. The average Bonchev–Trinajstić information content (AvgIpc) is 1.64. The van der Waals surface area contributed by atoms with E-state index < -0.39 is 101 Å². The molecule has 7 unspecified atom stereocenters. The first-order valence-corrected chi connectivity index (χ1v) is 42.8. The number of imidazole rings is 1. The van der Waals surface area contributed by atoms with Crippen molar-refractivity contribution < 1.29 is 94.1 Å². The van der Waals surface area contributed by atoms with Gasteiger partial charge in [0, 0.05) is 80.4 Å². The monoisotopic (exact) mass is 1790 g/mol. The van der Waals surface area contributed by atoms with Crippen LogP contribution in [0.5, 0.6) is 0 Å². The first-order chi connectivity index (χ1) is 59.5. The highest BCUT2D eigenvalue weighted by Crippen LogP contribution is 2.65. The van der Waals surface area contributed by atoms with Crippen LogP contribution in [0.3, 0.4) is 0 Å². The molecule has 6 aromatic heterocycles. The van der Waals surface area contributed by atoms with Crippen LogP contribution in [-0.4, -0.2) is 224 Å². The van der Waals surface area contributed by atoms with Gasteiger partial charge in [0.25, 0.3) is 0 Å². The Kier molecular flexibility index (Phi) is 36.8. The number of aliphatic hydroxyl groups is 2. The predicted octanol–water partition coefficient (Wildman–Crippen LogP) is 7.53. The molecule has 10 aliphatic rings. The van der Waals surface area contributed by atoms with E-state index >= 15 is 0 Å². The van der Waals surface area contributed by atoms with Crippen molar-refractivity contribution in [2.45, 2.75) is 236 Å². The van der Waals surface area contributed by atoms with Gasteiger partial charge in [-0.3, -0.25) is 23.1 Å². The lowest BCUT2D eigenvalue weighted by atomic mass is 9.47. The van der Waals surface area contributed by atoms with Crippen molar-refractivity contribution in [3.05, 3.63) is 132 Å². The van der Waals surface area contributed by atoms with Gasteiger partial charge in [-0.1, -0.05) is 45.4 Å². The van der Waals surface area contributed by atoms with Crippen LogP contribution in [0.2, 0.25) is 0 Å². The number of hydrogen-bond donors (Lipinski definition) is 7. The fraction of sp³-hybridized carbons (Fsp3) is 0.663. The second-order valence-corrected chi connectivity index (χ2v) is 33.6. The summed E-state index contributed by atoms with van der Waals surface area (Å²) in [6.07, 6.45) is 26.4. The van der Waals surface area contributed by atoms with Crippen LogP contribution in [0.1, 0.15) is 157 Å². The predicted molar refractivity (Wildman–Crippen MR) is 454 cm³/mol. The van der Waals surface area contributed by atoms with Gasteiger partial charge >= 0.3 is 22.8 Å². The molecular formula is C83H123F4N17O20S. The zero-order chi connectivity index (χ0) is 91.5. The summed E-state index contributed by atoms with van der Waals surface area (Å²) in [5.74, 6) is -0.304. The second kappa shape index (κ2) is 45.9. The van der Waals surface area contributed by atoms with E-state index in [-0.39, 0.29) is 79.2 Å². The van der Waals surface area contributed by atoms with E-state index in [4.69, 9.17) is 95.4 Å².